The zero-order valence-corrected chi connectivity index (χ0v) is 11.9. The van der Waals surface area contributed by atoms with E-state index in [0.29, 0.717) is 22.3 Å². The van der Waals surface area contributed by atoms with Crippen molar-refractivity contribution in [3.63, 3.8) is 0 Å². The van der Waals surface area contributed by atoms with Crippen LogP contribution in [0.2, 0.25) is 0 Å². The molecule has 5 heteroatoms. The highest BCUT2D eigenvalue weighted by molar-refractivity contribution is 6.03. The molecule has 0 saturated carbocycles. The summed E-state index contributed by atoms with van der Waals surface area (Å²) >= 11 is 0. The van der Waals surface area contributed by atoms with E-state index in [0.717, 1.165) is 5.75 Å². The Labute approximate surface area is 126 Å². The molecule has 0 aliphatic heterocycles. The molecule has 0 atom stereocenters. The van der Waals surface area contributed by atoms with Crippen LogP contribution in [-0.2, 0) is 6.61 Å². The molecule has 0 amide bonds. The smallest absolute Gasteiger partial charge is 0.336 e. The molecule has 1 N–H and O–H groups in total. The summed E-state index contributed by atoms with van der Waals surface area (Å²) in [7, 11) is 1.60. The quantitative estimate of drug-likeness (QED) is 0.777. The Kier molecular flexibility index (Phi) is 3.70. The first kappa shape index (κ1) is 14.0. The first-order valence-corrected chi connectivity index (χ1v) is 6.68. The third kappa shape index (κ3) is 2.61. The minimum atomic E-state index is -0.988. The average molecular weight is 298 g/mol. The van der Waals surface area contributed by atoms with Crippen LogP contribution in [0.4, 0.5) is 0 Å². The van der Waals surface area contributed by atoms with E-state index >= 15 is 0 Å². The third-order valence-corrected chi connectivity index (χ3v) is 3.36. The molecular weight excluding hydrogens is 284 g/mol. The Morgan fingerprint density at radius 2 is 1.86 bits per heavy atom. The van der Waals surface area contributed by atoms with E-state index in [9.17, 15) is 9.90 Å². The van der Waals surface area contributed by atoms with Crippen LogP contribution in [0.25, 0.3) is 11.0 Å². The number of furan rings is 1. The zero-order chi connectivity index (χ0) is 15.5. The summed E-state index contributed by atoms with van der Waals surface area (Å²) in [5, 5.41) is 9.84. The van der Waals surface area contributed by atoms with Gasteiger partial charge in [-0.05, 0) is 36.4 Å². The maximum atomic E-state index is 11.3. The van der Waals surface area contributed by atoms with E-state index in [2.05, 4.69) is 0 Å². The molecule has 0 radical (unpaired) electrons. The molecule has 0 aliphatic carbocycles. The molecule has 0 spiro atoms. The van der Waals surface area contributed by atoms with E-state index in [4.69, 9.17) is 13.9 Å². The second kappa shape index (κ2) is 5.81. The number of hydrogen-bond acceptors (Lipinski definition) is 4. The van der Waals surface area contributed by atoms with E-state index in [1.54, 1.807) is 49.6 Å². The Balaban J connectivity index is 1.86. The Bertz CT molecular complexity index is 802. The fourth-order valence-electron chi connectivity index (χ4n) is 2.27. The normalized spacial score (nSPS) is 10.6. The summed E-state index contributed by atoms with van der Waals surface area (Å²) < 4.78 is 16.2. The molecule has 3 aromatic rings. The van der Waals surface area contributed by atoms with Crippen LogP contribution in [0.1, 0.15) is 15.9 Å². The number of carboxylic acid groups (broad SMARTS) is 1. The molecule has 22 heavy (non-hydrogen) atoms. The molecule has 0 saturated heterocycles. The fourth-order valence-corrected chi connectivity index (χ4v) is 2.27. The van der Waals surface area contributed by atoms with Gasteiger partial charge >= 0.3 is 5.97 Å². The Morgan fingerprint density at radius 1 is 1.14 bits per heavy atom. The van der Waals surface area contributed by atoms with Gasteiger partial charge in [-0.15, -0.1) is 0 Å². The molecule has 0 unspecified atom stereocenters. The molecule has 0 bridgehead atoms. The second-order valence-electron chi connectivity index (χ2n) is 4.71. The van der Waals surface area contributed by atoms with E-state index in [-0.39, 0.29) is 12.2 Å². The van der Waals surface area contributed by atoms with Gasteiger partial charge in [0.05, 0.1) is 18.9 Å². The van der Waals surface area contributed by atoms with E-state index in [1.807, 2.05) is 0 Å². The maximum Gasteiger partial charge on any atom is 0.336 e. The van der Waals surface area contributed by atoms with E-state index in [1.165, 1.54) is 6.26 Å². The predicted molar refractivity (Wildman–Crippen MR) is 80.5 cm³/mol. The number of aromatic carboxylic acids is 1. The molecule has 2 aromatic carbocycles. The number of benzene rings is 2. The summed E-state index contributed by atoms with van der Waals surface area (Å²) in [6.07, 6.45) is 1.53. The van der Waals surface area contributed by atoms with E-state index < -0.39 is 5.97 Å². The van der Waals surface area contributed by atoms with Crippen molar-refractivity contribution in [2.45, 2.75) is 6.61 Å². The first-order valence-electron chi connectivity index (χ1n) is 6.68. The van der Waals surface area contributed by atoms with Gasteiger partial charge in [-0.1, -0.05) is 6.07 Å². The third-order valence-electron chi connectivity index (χ3n) is 3.36. The van der Waals surface area contributed by atoms with Crippen molar-refractivity contribution >= 4 is 16.9 Å². The van der Waals surface area contributed by atoms with Gasteiger partial charge in [0.15, 0.2) is 0 Å². The number of fused-ring (bicyclic) bond motifs is 1. The number of hydrogen-bond donors (Lipinski definition) is 1. The van der Waals surface area contributed by atoms with Crippen LogP contribution in [0, 0.1) is 0 Å². The lowest BCUT2D eigenvalue weighted by Gasteiger charge is -2.06. The predicted octanol–water partition coefficient (Wildman–Crippen LogP) is 3.72. The summed E-state index contributed by atoms with van der Waals surface area (Å²) in [5.41, 5.74) is 1.44. The summed E-state index contributed by atoms with van der Waals surface area (Å²) in [4.78, 5) is 11.3. The molecule has 3 rings (SSSR count). The monoisotopic (exact) mass is 298 g/mol. The van der Waals surface area contributed by atoms with Crippen LogP contribution in [-0.4, -0.2) is 18.2 Å². The number of methoxy groups -OCH3 is 1. The van der Waals surface area contributed by atoms with Gasteiger partial charge in [-0.3, -0.25) is 0 Å². The van der Waals surface area contributed by atoms with Crippen molar-refractivity contribution in [2.75, 3.05) is 7.11 Å². The SMILES string of the molecule is COc1ccc(OCc2coc3cccc(C(=O)O)c23)cc1. The second-order valence-corrected chi connectivity index (χ2v) is 4.71. The van der Waals surface area contributed by atoms with Gasteiger partial charge in [0.2, 0.25) is 0 Å². The standard InChI is InChI=1S/C17H14O5/c1-20-12-5-7-13(8-6-12)21-9-11-10-22-15-4-2-3-14(16(11)15)17(18)19/h2-8,10H,9H2,1H3,(H,18,19). The molecule has 1 heterocycles. The summed E-state index contributed by atoms with van der Waals surface area (Å²) in [5.74, 6) is 0.426. The lowest BCUT2D eigenvalue weighted by atomic mass is 10.1. The van der Waals surface area contributed by atoms with Gasteiger partial charge in [0.25, 0.3) is 0 Å². The van der Waals surface area contributed by atoms with Crippen molar-refractivity contribution in [3.05, 3.63) is 59.9 Å². The van der Waals surface area contributed by atoms with Gasteiger partial charge < -0.3 is 19.0 Å². The summed E-state index contributed by atoms with van der Waals surface area (Å²) in [6, 6.07) is 12.1. The van der Waals surface area contributed by atoms with Crippen molar-refractivity contribution in [2.24, 2.45) is 0 Å². The average Bonchev–Trinajstić information content (AvgIpc) is 2.96. The van der Waals surface area contributed by atoms with Crippen molar-refractivity contribution in [1.29, 1.82) is 0 Å². The van der Waals surface area contributed by atoms with Crippen LogP contribution in [0.3, 0.4) is 0 Å². The highest BCUT2D eigenvalue weighted by Crippen LogP contribution is 2.27. The van der Waals surface area contributed by atoms with Crippen molar-refractivity contribution in [3.8, 4) is 11.5 Å². The molecule has 5 nitrogen and oxygen atoms in total. The zero-order valence-electron chi connectivity index (χ0n) is 11.9. The van der Waals surface area contributed by atoms with Crippen LogP contribution in [0.5, 0.6) is 11.5 Å². The van der Waals surface area contributed by atoms with Gasteiger partial charge in [0.1, 0.15) is 23.7 Å². The Morgan fingerprint density at radius 3 is 2.55 bits per heavy atom. The van der Waals surface area contributed by atoms with Crippen molar-refractivity contribution in [1.82, 2.24) is 0 Å². The largest absolute Gasteiger partial charge is 0.497 e. The molecule has 0 fully saturated rings. The topological polar surface area (TPSA) is 68.9 Å². The lowest BCUT2D eigenvalue weighted by molar-refractivity contribution is 0.0699. The highest BCUT2D eigenvalue weighted by Gasteiger charge is 2.15. The minimum absolute atomic E-state index is 0.208. The molecule has 1 aromatic heterocycles. The number of rotatable bonds is 5. The molecule has 112 valence electrons. The number of carboxylic acids is 1. The summed E-state index contributed by atoms with van der Waals surface area (Å²) in [6.45, 7) is 0.226. The molecular formula is C17H14O5. The number of ether oxygens (including phenoxy) is 2. The van der Waals surface area contributed by atoms with Crippen molar-refractivity contribution < 1.29 is 23.8 Å². The highest BCUT2D eigenvalue weighted by atomic mass is 16.5. The number of carbonyl (C=O) groups is 1. The van der Waals surface area contributed by atoms with Crippen LogP contribution in [0.15, 0.2) is 53.1 Å². The van der Waals surface area contributed by atoms with Gasteiger partial charge in [0, 0.05) is 10.9 Å². The Hall–Kier alpha value is -2.95. The van der Waals surface area contributed by atoms with Crippen LogP contribution >= 0.6 is 0 Å². The molecule has 0 aliphatic rings. The fraction of sp³-hybridized carbons (Fsp3) is 0.118. The van der Waals surface area contributed by atoms with Gasteiger partial charge in [-0.2, -0.15) is 0 Å². The van der Waals surface area contributed by atoms with Gasteiger partial charge in [-0.25, -0.2) is 4.79 Å². The first-order chi connectivity index (χ1) is 10.7. The lowest BCUT2D eigenvalue weighted by Crippen LogP contribution is -2.00. The minimum Gasteiger partial charge on any atom is -0.497 e. The van der Waals surface area contributed by atoms with Crippen LogP contribution < -0.4 is 9.47 Å². The maximum absolute atomic E-state index is 11.3.